The van der Waals surface area contributed by atoms with E-state index in [-0.39, 0.29) is 0 Å². The Balaban J connectivity index is 1.61. The van der Waals surface area contributed by atoms with Crippen LogP contribution in [-0.4, -0.2) is 67.1 Å². The minimum absolute atomic E-state index is 0.361. The fourth-order valence-electron chi connectivity index (χ4n) is 4.89. The van der Waals surface area contributed by atoms with Crippen LogP contribution in [0.25, 0.3) is 0 Å². The molecule has 3 N–H and O–H groups in total. The number of anilines is 2. The summed E-state index contributed by atoms with van der Waals surface area (Å²) in [6, 6.07) is 0. The van der Waals surface area contributed by atoms with E-state index in [0.717, 1.165) is 76.2 Å². The minimum Gasteiger partial charge on any atom is -0.389 e. The molecule has 0 amide bonds. The van der Waals surface area contributed by atoms with Crippen molar-refractivity contribution in [3.63, 3.8) is 0 Å². The van der Waals surface area contributed by atoms with E-state index in [1.165, 1.54) is 12.0 Å². The second kappa shape index (κ2) is 8.29. The van der Waals surface area contributed by atoms with Crippen molar-refractivity contribution in [3.8, 4) is 0 Å². The van der Waals surface area contributed by atoms with Gasteiger partial charge in [0.2, 0.25) is 5.95 Å². The summed E-state index contributed by atoms with van der Waals surface area (Å²) < 4.78 is 5.15. The summed E-state index contributed by atoms with van der Waals surface area (Å²) in [5.74, 6) is 2.14. The lowest BCUT2D eigenvalue weighted by Crippen LogP contribution is -2.53. The van der Waals surface area contributed by atoms with Crippen molar-refractivity contribution in [1.29, 1.82) is 0 Å². The maximum absolute atomic E-state index is 11.0. The molecule has 1 saturated heterocycles. The fourth-order valence-corrected chi connectivity index (χ4v) is 4.89. The number of ether oxygens (including phenoxy) is 1. The first kappa shape index (κ1) is 18.9. The van der Waals surface area contributed by atoms with Crippen molar-refractivity contribution in [1.82, 2.24) is 15.3 Å². The van der Waals surface area contributed by atoms with Gasteiger partial charge in [0.25, 0.3) is 0 Å². The molecule has 27 heavy (non-hydrogen) atoms. The molecule has 7 heteroatoms. The number of nitrogens with zero attached hydrogens (tertiary/aromatic N) is 3. The van der Waals surface area contributed by atoms with Crippen LogP contribution in [0.15, 0.2) is 0 Å². The van der Waals surface area contributed by atoms with Crippen molar-refractivity contribution in [2.45, 2.75) is 50.5 Å². The summed E-state index contributed by atoms with van der Waals surface area (Å²) in [5.41, 5.74) is 1.99. The van der Waals surface area contributed by atoms with E-state index in [0.29, 0.717) is 25.0 Å². The molecule has 1 aromatic rings. The van der Waals surface area contributed by atoms with Gasteiger partial charge in [-0.2, -0.15) is 4.98 Å². The van der Waals surface area contributed by atoms with Crippen LogP contribution in [0.5, 0.6) is 0 Å². The van der Waals surface area contributed by atoms with E-state index >= 15 is 0 Å². The van der Waals surface area contributed by atoms with Gasteiger partial charge in [0, 0.05) is 51.2 Å². The van der Waals surface area contributed by atoms with Crippen LogP contribution in [0.3, 0.4) is 0 Å². The molecule has 150 valence electrons. The molecule has 4 rings (SSSR count). The summed E-state index contributed by atoms with van der Waals surface area (Å²) in [5, 5.41) is 17.8. The van der Waals surface area contributed by atoms with E-state index in [2.05, 4.69) is 15.5 Å². The van der Waals surface area contributed by atoms with Crippen LogP contribution < -0.4 is 15.5 Å². The first-order chi connectivity index (χ1) is 13.2. The molecule has 1 aliphatic carbocycles. The van der Waals surface area contributed by atoms with Crippen LogP contribution >= 0.6 is 0 Å². The number of nitrogens with one attached hydrogen (secondary N) is 2. The monoisotopic (exact) mass is 375 g/mol. The highest BCUT2D eigenvalue weighted by Gasteiger charge is 2.43. The van der Waals surface area contributed by atoms with E-state index < -0.39 is 5.60 Å². The highest BCUT2D eigenvalue weighted by atomic mass is 16.5. The van der Waals surface area contributed by atoms with Crippen LogP contribution in [-0.2, 0) is 17.6 Å². The number of piperidine rings is 1. The molecular formula is C20H33N5O2. The summed E-state index contributed by atoms with van der Waals surface area (Å²) in [4.78, 5) is 12.1. The van der Waals surface area contributed by atoms with Crippen molar-refractivity contribution in [2.75, 3.05) is 56.7 Å². The van der Waals surface area contributed by atoms with E-state index in [9.17, 15) is 5.11 Å². The molecule has 0 aromatic carbocycles. The Hall–Kier alpha value is -1.44. The van der Waals surface area contributed by atoms with E-state index in [1.807, 2.05) is 0 Å². The van der Waals surface area contributed by atoms with Gasteiger partial charge in [-0.1, -0.05) is 12.8 Å². The van der Waals surface area contributed by atoms with Crippen LogP contribution in [0.4, 0.5) is 11.8 Å². The van der Waals surface area contributed by atoms with Crippen molar-refractivity contribution >= 4 is 11.8 Å². The molecule has 0 bridgehead atoms. The Labute approximate surface area is 161 Å². The lowest BCUT2D eigenvalue weighted by atomic mass is 9.71. The topological polar surface area (TPSA) is 82.5 Å². The second-order valence-electron chi connectivity index (χ2n) is 8.21. The average molecular weight is 376 g/mol. The largest absolute Gasteiger partial charge is 0.389 e. The Morgan fingerprint density at radius 2 is 2.15 bits per heavy atom. The summed E-state index contributed by atoms with van der Waals surface area (Å²) in [6.07, 6.45) is 7.23. The van der Waals surface area contributed by atoms with Gasteiger partial charge in [-0.25, -0.2) is 4.98 Å². The predicted molar refractivity (Wildman–Crippen MR) is 106 cm³/mol. The normalized spacial score (nSPS) is 28.2. The molecule has 0 spiro atoms. The number of rotatable bonds is 5. The van der Waals surface area contributed by atoms with Crippen molar-refractivity contribution in [3.05, 3.63) is 11.3 Å². The van der Waals surface area contributed by atoms with Crippen molar-refractivity contribution < 1.29 is 9.84 Å². The first-order valence-electron chi connectivity index (χ1n) is 10.5. The maximum atomic E-state index is 11.0. The summed E-state index contributed by atoms with van der Waals surface area (Å²) >= 11 is 0. The van der Waals surface area contributed by atoms with Crippen LogP contribution in [0.2, 0.25) is 0 Å². The Morgan fingerprint density at radius 3 is 3.04 bits per heavy atom. The molecule has 3 heterocycles. The first-order valence-corrected chi connectivity index (χ1v) is 10.5. The van der Waals surface area contributed by atoms with E-state index in [1.54, 1.807) is 7.11 Å². The molecule has 2 aliphatic heterocycles. The van der Waals surface area contributed by atoms with Crippen LogP contribution in [0.1, 0.15) is 43.4 Å². The standard InChI is InChI=1S/C20H33N5O2/c1-27-13-11-22-19-23-17-6-10-21-9-5-16(17)18(24-19)25-12-8-20(26)7-3-2-4-15(20)14-25/h15,21,26H,2-14H2,1H3,(H,22,23,24)/t15-,20-/m0/s1. The molecule has 1 saturated carbocycles. The number of hydrogen-bond acceptors (Lipinski definition) is 7. The number of fused-ring (bicyclic) bond motifs is 2. The molecule has 1 aromatic heterocycles. The molecule has 0 unspecified atom stereocenters. The molecule has 3 aliphatic rings. The zero-order valence-electron chi connectivity index (χ0n) is 16.5. The zero-order chi connectivity index (χ0) is 18.7. The van der Waals surface area contributed by atoms with Gasteiger partial charge in [0.15, 0.2) is 0 Å². The van der Waals surface area contributed by atoms with Crippen LogP contribution in [0, 0.1) is 5.92 Å². The predicted octanol–water partition coefficient (Wildman–Crippen LogP) is 1.35. The maximum Gasteiger partial charge on any atom is 0.224 e. The number of aromatic nitrogens is 2. The number of aliphatic hydroxyl groups is 1. The lowest BCUT2D eigenvalue weighted by Gasteiger charge is -2.48. The summed E-state index contributed by atoms with van der Waals surface area (Å²) in [7, 11) is 1.70. The Morgan fingerprint density at radius 1 is 1.26 bits per heavy atom. The van der Waals surface area contributed by atoms with Gasteiger partial charge in [-0.3, -0.25) is 0 Å². The minimum atomic E-state index is -0.459. The smallest absolute Gasteiger partial charge is 0.224 e. The van der Waals surface area contributed by atoms with Gasteiger partial charge in [0.05, 0.1) is 17.9 Å². The second-order valence-corrected chi connectivity index (χ2v) is 8.21. The van der Waals surface area contributed by atoms with Gasteiger partial charge in [0.1, 0.15) is 5.82 Å². The Kier molecular flexibility index (Phi) is 5.80. The highest BCUT2D eigenvalue weighted by molar-refractivity contribution is 5.54. The zero-order valence-corrected chi connectivity index (χ0v) is 16.5. The summed E-state index contributed by atoms with van der Waals surface area (Å²) in [6.45, 7) is 5.06. The number of hydrogen-bond donors (Lipinski definition) is 3. The lowest BCUT2D eigenvalue weighted by molar-refractivity contribution is -0.0613. The quantitative estimate of drug-likeness (QED) is 0.670. The third kappa shape index (κ3) is 4.05. The van der Waals surface area contributed by atoms with Gasteiger partial charge in [-0.15, -0.1) is 0 Å². The third-order valence-corrected chi connectivity index (χ3v) is 6.48. The van der Waals surface area contributed by atoms with E-state index in [4.69, 9.17) is 14.7 Å². The fraction of sp³-hybridized carbons (Fsp3) is 0.800. The highest BCUT2D eigenvalue weighted by Crippen LogP contribution is 2.41. The Bertz CT molecular complexity index is 656. The SMILES string of the molecule is COCCNc1nc2c(c(N3CC[C@@]4(O)CCCC[C@H]4C3)n1)CCNCC2. The van der Waals surface area contributed by atoms with Gasteiger partial charge in [-0.05, 0) is 32.2 Å². The van der Waals surface area contributed by atoms with Gasteiger partial charge < -0.3 is 25.4 Å². The van der Waals surface area contributed by atoms with Gasteiger partial charge >= 0.3 is 0 Å². The molecular weight excluding hydrogens is 342 g/mol. The molecule has 2 fully saturated rings. The number of methoxy groups -OCH3 is 1. The molecule has 0 radical (unpaired) electrons. The third-order valence-electron chi connectivity index (χ3n) is 6.48. The average Bonchev–Trinajstić information content (AvgIpc) is 2.92. The molecule has 7 nitrogen and oxygen atoms in total. The molecule has 2 atom stereocenters. The van der Waals surface area contributed by atoms with Crippen molar-refractivity contribution in [2.24, 2.45) is 5.92 Å².